The molecule has 0 atom stereocenters. The molecule has 0 saturated carbocycles. The van der Waals surface area contributed by atoms with Crippen LogP contribution in [0.4, 0.5) is 13.2 Å². The zero-order valence-corrected chi connectivity index (χ0v) is 14.6. The van der Waals surface area contributed by atoms with Gasteiger partial charge in [0, 0.05) is 12.1 Å². The molecule has 1 heterocycles. The van der Waals surface area contributed by atoms with Gasteiger partial charge in [0.15, 0.2) is 0 Å². The molecule has 4 nitrogen and oxygen atoms in total. The second kappa shape index (κ2) is 7.65. The molecule has 0 spiro atoms. The molecular weight excluding hydrogens is 355 g/mol. The molecule has 0 aliphatic carbocycles. The Morgan fingerprint density at radius 2 is 1.85 bits per heavy atom. The van der Waals surface area contributed by atoms with Crippen LogP contribution >= 0.6 is 0 Å². The molecule has 140 valence electrons. The number of rotatable bonds is 5. The van der Waals surface area contributed by atoms with Crippen molar-refractivity contribution in [2.45, 2.75) is 26.1 Å². The molecule has 2 N–H and O–H groups in total. The first-order chi connectivity index (χ1) is 12.9. The van der Waals surface area contributed by atoms with Crippen LogP contribution in [0.2, 0.25) is 0 Å². The topological polar surface area (TPSA) is 57.8 Å². The van der Waals surface area contributed by atoms with Crippen LogP contribution in [0, 0.1) is 0 Å². The molecule has 0 radical (unpaired) electrons. The van der Waals surface area contributed by atoms with Crippen LogP contribution < -0.4 is 5.32 Å². The summed E-state index contributed by atoms with van der Waals surface area (Å²) >= 11 is 0. The van der Waals surface area contributed by atoms with E-state index < -0.39 is 17.6 Å². The van der Waals surface area contributed by atoms with Crippen LogP contribution in [0.3, 0.4) is 0 Å². The second-order valence-corrected chi connectivity index (χ2v) is 6.09. The number of carbonyl (C=O) groups excluding carboxylic acids is 1. The fourth-order valence-electron chi connectivity index (χ4n) is 2.72. The fraction of sp³-hybridized carbons (Fsp3) is 0.200. The fourth-order valence-corrected chi connectivity index (χ4v) is 2.72. The van der Waals surface area contributed by atoms with Crippen LogP contribution in [-0.2, 0) is 19.1 Å². The Kier molecular flexibility index (Phi) is 5.30. The number of halogens is 3. The molecular formula is C20H18F3N3O. The van der Waals surface area contributed by atoms with Gasteiger partial charge in [-0.3, -0.25) is 9.89 Å². The Bertz CT molecular complexity index is 930. The van der Waals surface area contributed by atoms with E-state index in [1.165, 1.54) is 23.9 Å². The summed E-state index contributed by atoms with van der Waals surface area (Å²) in [6, 6.07) is 12.6. The van der Waals surface area contributed by atoms with E-state index in [1.807, 2.05) is 24.3 Å². The van der Waals surface area contributed by atoms with E-state index in [4.69, 9.17) is 0 Å². The average molecular weight is 373 g/mol. The minimum absolute atomic E-state index is 0.0118. The van der Waals surface area contributed by atoms with Gasteiger partial charge in [0.1, 0.15) is 0 Å². The van der Waals surface area contributed by atoms with Crippen LogP contribution in [0.1, 0.15) is 34.0 Å². The average Bonchev–Trinajstić information content (AvgIpc) is 3.15. The molecule has 2 aromatic carbocycles. The molecule has 1 aromatic heterocycles. The lowest BCUT2D eigenvalue weighted by molar-refractivity contribution is -0.137. The molecule has 0 bridgehead atoms. The van der Waals surface area contributed by atoms with Crippen LogP contribution in [0.25, 0.3) is 11.3 Å². The number of aromatic amines is 1. The zero-order valence-electron chi connectivity index (χ0n) is 14.6. The Hall–Kier alpha value is -3.09. The number of nitrogens with zero attached hydrogens (tertiary/aromatic N) is 1. The van der Waals surface area contributed by atoms with Crippen molar-refractivity contribution in [1.82, 2.24) is 15.5 Å². The summed E-state index contributed by atoms with van der Waals surface area (Å²) < 4.78 is 38.4. The van der Waals surface area contributed by atoms with Gasteiger partial charge in [-0.1, -0.05) is 43.3 Å². The number of benzene rings is 2. The third-order valence-electron chi connectivity index (χ3n) is 4.24. The Morgan fingerprint density at radius 1 is 1.11 bits per heavy atom. The molecule has 0 aliphatic heterocycles. The van der Waals surface area contributed by atoms with Crippen LogP contribution in [0.5, 0.6) is 0 Å². The maximum Gasteiger partial charge on any atom is 0.416 e. The quantitative estimate of drug-likeness (QED) is 0.687. The highest BCUT2D eigenvalue weighted by atomic mass is 19.4. The van der Waals surface area contributed by atoms with Crippen molar-refractivity contribution >= 4 is 5.91 Å². The Balaban J connectivity index is 1.73. The number of alkyl halides is 3. The molecule has 3 aromatic rings. The number of amides is 1. The van der Waals surface area contributed by atoms with Gasteiger partial charge in [-0.05, 0) is 29.7 Å². The number of aryl methyl sites for hydroxylation is 1. The third kappa shape index (κ3) is 4.36. The van der Waals surface area contributed by atoms with Gasteiger partial charge in [-0.2, -0.15) is 18.3 Å². The number of nitrogens with one attached hydrogen (secondary N) is 2. The Labute approximate surface area is 154 Å². The smallest absolute Gasteiger partial charge is 0.348 e. The van der Waals surface area contributed by atoms with Crippen LogP contribution in [0.15, 0.2) is 54.7 Å². The van der Waals surface area contributed by atoms with Crippen LogP contribution in [-0.4, -0.2) is 16.1 Å². The first-order valence-corrected chi connectivity index (χ1v) is 8.45. The minimum atomic E-state index is -4.41. The van der Waals surface area contributed by atoms with E-state index >= 15 is 0 Å². The van der Waals surface area contributed by atoms with Crippen molar-refractivity contribution in [3.05, 3.63) is 77.0 Å². The lowest BCUT2D eigenvalue weighted by Crippen LogP contribution is -2.23. The predicted molar refractivity (Wildman–Crippen MR) is 96.0 cm³/mol. The Morgan fingerprint density at radius 3 is 2.52 bits per heavy atom. The summed E-state index contributed by atoms with van der Waals surface area (Å²) in [6.45, 7) is 2.04. The first kappa shape index (κ1) is 18.7. The summed E-state index contributed by atoms with van der Waals surface area (Å²) in [5, 5.41) is 9.38. The highest BCUT2D eigenvalue weighted by Crippen LogP contribution is 2.29. The van der Waals surface area contributed by atoms with Gasteiger partial charge >= 0.3 is 6.18 Å². The van der Waals surface area contributed by atoms with Crippen molar-refractivity contribution in [3.63, 3.8) is 0 Å². The SMILES string of the molecule is CCc1ccc(-c2[nH]ncc2C(=O)NCc2cccc(C(F)(F)F)c2)cc1. The highest BCUT2D eigenvalue weighted by molar-refractivity contribution is 5.99. The molecule has 7 heteroatoms. The number of hydrogen-bond donors (Lipinski definition) is 2. The molecule has 27 heavy (non-hydrogen) atoms. The number of aromatic nitrogens is 2. The maximum absolute atomic E-state index is 12.8. The van der Waals surface area contributed by atoms with Crippen molar-refractivity contribution in [1.29, 1.82) is 0 Å². The lowest BCUT2D eigenvalue weighted by atomic mass is 10.0. The van der Waals surface area contributed by atoms with Gasteiger partial charge in [0.2, 0.25) is 0 Å². The summed E-state index contributed by atoms with van der Waals surface area (Å²) in [6.07, 6.45) is -2.10. The van der Waals surface area contributed by atoms with E-state index in [-0.39, 0.29) is 6.54 Å². The maximum atomic E-state index is 12.8. The van der Waals surface area contributed by atoms with E-state index in [0.717, 1.165) is 24.1 Å². The van der Waals surface area contributed by atoms with E-state index in [2.05, 4.69) is 22.4 Å². The normalized spacial score (nSPS) is 11.4. The summed E-state index contributed by atoms with van der Waals surface area (Å²) in [5.41, 5.74) is 2.53. The van der Waals surface area contributed by atoms with Crippen molar-refractivity contribution < 1.29 is 18.0 Å². The van der Waals surface area contributed by atoms with Crippen molar-refractivity contribution in [3.8, 4) is 11.3 Å². The molecule has 0 aliphatic rings. The van der Waals surface area contributed by atoms with Gasteiger partial charge in [-0.25, -0.2) is 0 Å². The monoisotopic (exact) mass is 373 g/mol. The molecule has 0 unspecified atom stereocenters. The molecule has 0 fully saturated rings. The van der Waals surface area contributed by atoms with E-state index in [9.17, 15) is 18.0 Å². The van der Waals surface area contributed by atoms with Gasteiger partial charge in [-0.15, -0.1) is 0 Å². The molecule has 3 rings (SSSR count). The number of carbonyl (C=O) groups is 1. The van der Waals surface area contributed by atoms with E-state index in [0.29, 0.717) is 16.8 Å². The van der Waals surface area contributed by atoms with Gasteiger partial charge < -0.3 is 5.32 Å². The first-order valence-electron chi connectivity index (χ1n) is 8.45. The van der Waals surface area contributed by atoms with Crippen molar-refractivity contribution in [2.24, 2.45) is 0 Å². The standard InChI is InChI=1S/C20H18F3N3O/c1-2-13-6-8-15(9-7-13)18-17(12-25-26-18)19(27)24-11-14-4-3-5-16(10-14)20(21,22)23/h3-10,12H,2,11H2,1H3,(H,24,27)(H,25,26). The molecule has 0 saturated heterocycles. The van der Waals surface area contributed by atoms with E-state index in [1.54, 1.807) is 0 Å². The lowest BCUT2D eigenvalue weighted by Gasteiger charge is -2.10. The second-order valence-electron chi connectivity index (χ2n) is 6.09. The largest absolute Gasteiger partial charge is 0.416 e. The highest BCUT2D eigenvalue weighted by Gasteiger charge is 2.30. The van der Waals surface area contributed by atoms with Gasteiger partial charge in [0.25, 0.3) is 5.91 Å². The summed E-state index contributed by atoms with van der Waals surface area (Å²) in [5.74, 6) is -0.407. The minimum Gasteiger partial charge on any atom is -0.348 e. The summed E-state index contributed by atoms with van der Waals surface area (Å²) in [7, 11) is 0. The number of hydrogen-bond acceptors (Lipinski definition) is 2. The predicted octanol–water partition coefficient (Wildman–Crippen LogP) is 4.59. The third-order valence-corrected chi connectivity index (χ3v) is 4.24. The molecule has 1 amide bonds. The number of H-pyrrole nitrogens is 1. The van der Waals surface area contributed by atoms with Crippen molar-refractivity contribution in [2.75, 3.05) is 0 Å². The summed E-state index contributed by atoms with van der Waals surface area (Å²) in [4.78, 5) is 12.5. The van der Waals surface area contributed by atoms with Gasteiger partial charge in [0.05, 0.1) is 23.0 Å². The zero-order chi connectivity index (χ0) is 19.4.